The van der Waals surface area contributed by atoms with E-state index in [0.29, 0.717) is 17.7 Å². The van der Waals surface area contributed by atoms with Crippen molar-refractivity contribution in [2.75, 3.05) is 13.2 Å². The maximum absolute atomic E-state index is 12.8. The summed E-state index contributed by atoms with van der Waals surface area (Å²) >= 11 is 0. The fraction of sp³-hybridized carbons (Fsp3) is 0.348. The van der Waals surface area contributed by atoms with E-state index in [0.717, 1.165) is 11.1 Å². The van der Waals surface area contributed by atoms with Crippen LogP contribution in [0.4, 0.5) is 0 Å². The van der Waals surface area contributed by atoms with Crippen LogP contribution < -0.4 is 4.72 Å². The molecule has 0 heterocycles. The monoisotopic (exact) mass is 431 g/mol. The SMILES string of the molecule is CCO[C@H](/C=C/C(=O)OCc1ccccc1)CNS(=O)(=O)c1c(C)cc(C)cc1C. The summed E-state index contributed by atoms with van der Waals surface area (Å²) in [5.41, 5.74) is 3.27. The molecule has 0 radical (unpaired) electrons. The Morgan fingerprint density at radius 3 is 2.33 bits per heavy atom. The summed E-state index contributed by atoms with van der Waals surface area (Å²) < 4.78 is 38.9. The van der Waals surface area contributed by atoms with Crippen LogP contribution in [0, 0.1) is 20.8 Å². The van der Waals surface area contributed by atoms with E-state index >= 15 is 0 Å². The Hall–Kier alpha value is -2.48. The first-order valence-corrected chi connectivity index (χ1v) is 11.3. The first-order chi connectivity index (χ1) is 14.2. The van der Waals surface area contributed by atoms with Gasteiger partial charge in [0.15, 0.2) is 0 Å². The molecule has 0 amide bonds. The van der Waals surface area contributed by atoms with Crippen molar-refractivity contribution in [3.05, 3.63) is 76.9 Å². The van der Waals surface area contributed by atoms with Crippen molar-refractivity contribution in [2.24, 2.45) is 0 Å². The number of nitrogens with one attached hydrogen (secondary N) is 1. The zero-order chi connectivity index (χ0) is 22.1. The Bertz CT molecular complexity index is 961. The highest BCUT2D eigenvalue weighted by molar-refractivity contribution is 7.89. The molecular weight excluding hydrogens is 402 g/mol. The molecule has 1 atom stereocenters. The number of sulfonamides is 1. The van der Waals surface area contributed by atoms with Gasteiger partial charge in [0, 0.05) is 19.2 Å². The summed E-state index contributed by atoms with van der Waals surface area (Å²) in [5, 5.41) is 0. The third-order valence-corrected chi connectivity index (χ3v) is 6.13. The van der Waals surface area contributed by atoms with Crippen LogP contribution in [-0.4, -0.2) is 33.6 Å². The topological polar surface area (TPSA) is 81.7 Å². The molecule has 2 rings (SSSR count). The molecule has 30 heavy (non-hydrogen) atoms. The zero-order valence-corrected chi connectivity index (χ0v) is 18.7. The van der Waals surface area contributed by atoms with E-state index in [9.17, 15) is 13.2 Å². The van der Waals surface area contributed by atoms with Crippen molar-refractivity contribution in [3.8, 4) is 0 Å². The van der Waals surface area contributed by atoms with Crippen LogP contribution in [0.5, 0.6) is 0 Å². The minimum absolute atomic E-state index is 0.00535. The van der Waals surface area contributed by atoms with Gasteiger partial charge in [0.1, 0.15) is 6.61 Å². The Balaban J connectivity index is 1.99. The molecule has 7 heteroatoms. The Morgan fingerprint density at radius 1 is 1.10 bits per heavy atom. The van der Waals surface area contributed by atoms with E-state index in [1.807, 2.05) is 49.4 Å². The maximum Gasteiger partial charge on any atom is 0.330 e. The maximum atomic E-state index is 12.8. The van der Waals surface area contributed by atoms with Gasteiger partial charge in [-0.3, -0.25) is 0 Å². The van der Waals surface area contributed by atoms with E-state index in [-0.39, 0.29) is 18.0 Å². The number of hydrogen-bond donors (Lipinski definition) is 1. The summed E-state index contributed by atoms with van der Waals surface area (Å²) in [6.07, 6.45) is 2.17. The standard InChI is InChI=1S/C23H29NO5S/c1-5-28-21(11-12-22(25)29-16-20-9-7-6-8-10-20)15-24-30(26,27)23-18(3)13-17(2)14-19(23)4/h6-14,21,24H,5,15-16H2,1-4H3/b12-11+/t21-/m1/s1. The number of carbonyl (C=O) groups excluding carboxylic acids is 1. The Morgan fingerprint density at radius 2 is 1.73 bits per heavy atom. The smallest absolute Gasteiger partial charge is 0.330 e. The largest absolute Gasteiger partial charge is 0.458 e. The molecule has 2 aromatic rings. The van der Waals surface area contributed by atoms with Crippen molar-refractivity contribution >= 4 is 16.0 Å². The molecule has 162 valence electrons. The van der Waals surface area contributed by atoms with Crippen LogP contribution in [-0.2, 0) is 30.9 Å². The molecule has 0 unspecified atom stereocenters. The van der Waals surface area contributed by atoms with E-state index < -0.39 is 22.1 Å². The average Bonchev–Trinajstić information content (AvgIpc) is 2.68. The first kappa shape index (κ1) is 23.8. The van der Waals surface area contributed by atoms with Crippen molar-refractivity contribution in [1.82, 2.24) is 4.72 Å². The van der Waals surface area contributed by atoms with Crippen LogP contribution in [0.2, 0.25) is 0 Å². The fourth-order valence-electron chi connectivity index (χ4n) is 3.21. The van der Waals surface area contributed by atoms with Crippen LogP contribution in [0.3, 0.4) is 0 Å². The Kier molecular flexibility index (Phi) is 8.77. The van der Waals surface area contributed by atoms with Crippen LogP contribution in [0.1, 0.15) is 29.2 Å². The second-order valence-corrected chi connectivity index (χ2v) is 8.73. The molecule has 0 aliphatic heterocycles. The van der Waals surface area contributed by atoms with Crippen molar-refractivity contribution in [1.29, 1.82) is 0 Å². The zero-order valence-electron chi connectivity index (χ0n) is 17.8. The van der Waals surface area contributed by atoms with E-state index in [1.165, 1.54) is 12.2 Å². The molecular formula is C23H29NO5S. The molecule has 0 aliphatic carbocycles. The minimum Gasteiger partial charge on any atom is -0.458 e. The van der Waals surface area contributed by atoms with Gasteiger partial charge >= 0.3 is 5.97 Å². The molecule has 1 N–H and O–H groups in total. The lowest BCUT2D eigenvalue weighted by molar-refractivity contribution is -0.139. The van der Waals surface area contributed by atoms with Gasteiger partial charge in [-0.2, -0.15) is 0 Å². The predicted molar refractivity (Wildman–Crippen MR) is 117 cm³/mol. The molecule has 0 saturated carbocycles. The van der Waals surface area contributed by atoms with Crippen molar-refractivity contribution in [2.45, 2.75) is 45.3 Å². The summed E-state index contributed by atoms with van der Waals surface area (Å²) in [4.78, 5) is 12.2. The van der Waals surface area contributed by atoms with E-state index in [2.05, 4.69) is 4.72 Å². The summed E-state index contributed by atoms with van der Waals surface area (Å²) in [7, 11) is -3.72. The van der Waals surface area contributed by atoms with Crippen LogP contribution in [0.15, 0.2) is 59.5 Å². The number of rotatable bonds is 10. The van der Waals surface area contributed by atoms with Crippen molar-refractivity contribution < 1.29 is 22.7 Å². The van der Waals surface area contributed by atoms with Gasteiger partial charge in [-0.25, -0.2) is 17.9 Å². The van der Waals surface area contributed by atoms with Gasteiger partial charge < -0.3 is 9.47 Å². The highest BCUT2D eigenvalue weighted by atomic mass is 32.2. The predicted octanol–water partition coefficient (Wildman–Crippen LogP) is 3.59. The van der Waals surface area contributed by atoms with Crippen molar-refractivity contribution in [3.63, 3.8) is 0 Å². The number of hydrogen-bond acceptors (Lipinski definition) is 5. The second kappa shape index (κ2) is 11.1. The Labute approximate surface area is 179 Å². The third-order valence-electron chi connectivity index (χ3n) is 4.40. The molecule has 0 spiro atoms. The molecule has 0 fully saturated rings. The molecule has 6 nitrogen and oxygen atoms in total. The lowest BCUT2D eigenvalue weighted by Gasteiger charge is -2.17. The fourth-order valence-corrected chi connectivity index (χ4v) is 4.71. The minimum atomic E-state index is -3.72. The van der Waals surface area contributed by atoms with Gasteiger partial charge in [-0.15, -0.1) is 0 Å². The van der Waals surface area contributed by atoms with E-state index in [4.69, 9.17) is 9.47 Å². The van der Waals surface area contributed by atoms with Crippen LogP contribution >= 0.6 is 0 Å². The highest BCUT2D eigenvalue weighted by Crippen LogP contribution is 2.21. The molecule has 2 aromatic carbocycles. The van der Waals surface area contributed by atoms with Gasteiger partial charge in [0.05, 0.1) is 11.0 Å². The average molecular weight is 432 g/mol. The number of carbonyl (C=O) groups is 1. The first-order valence-electron chi connectivity index (χ1n) is 9.81. The van der Waals surface area contributed by atoms with Gasteiger partial charge in [-0.1, -0.05) is 48.0 Å². The molecule has 0 bridgehead atoms. The van der Waals surface area contributed by atoms with Gasteiger partial charge in [-0.05, 0) is 50.5 Å². The number of benzene rings is 2. The summed E-state index contributed by atoms with van der Waals surface area (Å²) in [5.74, 6) is -0.517. The lowest BCUT2D eigenvalue weighted by atomic mass is 10.1. The number of esters is 1. The lowest BCUT2D eigenvalue weighted by Crippen LogP contribution is -2.33. The van der Waals surface area contributed by atoms with E-state index in [1.54, 1.807) is 20.8 Å². The highest BCUT2D eigenvalue weighted by Gasteiger charge is 2.21. The molecule has 0 saturated heterocycles. The van der Waals surface area contributed by atoms with Crippen LogP contribution in [0.25, 0.3) is 0 Å². The summed E-state index contributed by atoms with van der Waals surface area (Å²) in [6.45, 7) is 7.83. The normalized spacial score (nSPS) is 12.8. The second-order valence-electron chi connectivity index (χ2n) is 7.03. The summed E-state index contributed by atoms with van der Waals surface area (Å²) in [6, 6.07) is 13.0. The third kappa shape index (κ3) is 7.09. The van der Waals surface area contributed by atoms with Gasteiger partial charge in [0.2, 0.25) is 10.0 Å². The number of aryl methyl sites for hydroxylation is 3. The molecule has 0 aliphatic rings. The quantitative estimate of drug-likeness (QED) is 0.459. The van der Waals surface area contributed by atoms with Gasteiger partial charge in [0.25, 0.3) is 0 Å². The molecule has 0 aromatic heterocycles. The number of ether oxygens (including phenoxy) is 2.